The monoisotopic (exact) mass is 461 g/mol. The number of fused-ring (bicyclic) bond motifs is 1. The molecule has 2 aromatic carbocycles. The summed E-state index contributed by atoms with van der Waals surface area (Å²) in [5.41, 5.74) is 4.21. The van der Waals surface area contributed by atoms with E-state index in [-0.39, 0.29) is 24.0 Å². The van der Waals surface area contributed by atoms with Gasteiger partial charge in [0.1, 0.15) is 6.04 Å². The van der Waals surface area contributed by atoms with E-state index in [9.17, 15) is 19.2 Å². The molecule has 1 unspecified atom stereocenters. The highest BCUT2D eigenvalue weighted by molar-refractivity contribution is 6.05. The summed E-state index contributed by atoms with van der Waals surface area (Å²) in [6.45, 7) is 3.49. The van der Waals surface area contributed by atoms with Gasteiger partial charge in [-0.2, -0.15) is 0 Å². The Bertz CT molecular complexity index is 1140. The van der Waals surface area contributed by atoms with Crippen molar-refractivity contribution in [2.75, 3.05) is 31.2 Å². The van der Waals surface area contributed by atoms with Gasteiger partial charge in [0.25, 0.3) is 5.91 Å². The summed E-state index contributed by atoms with van der Waals surface area (Å²) in [5, 5.41) is 2.32. The van der Waals surface area contributed by atoms with Gasteiger partial charge >= 0.3 is 0 Å². The van der Waals surface area contributed by atoms with Crippen LogP contribution in [-0.2, 0) is 27.3 Å². The molecule has 8 heteroatoms. The molecule has 1 N–H and O–H groups in total. The Balaban J connectivity index is 1.20. The second-order valence-electron chi connectivity index (χ2n) is 8.96. The number of carbonyl (C=O) groups excluding carboxylic acids is 4. The molecule has 1 atom stereocenters. The van der Waals surface area contributed by atoms with E-state index in [0.717, 1.165) is 43.1 Å². The average Bonchev–Trinajstić information content (AvgIpc) is 3.18. The number of aryl methyl sites for hydroxylation is 1. The maximum absolute atomic E-state index is 12.8. The third kappa shape index (κ3) is 4.46. The van der Waals surface area contributed by atoms with E-state index in [1.165, 1.54) is 4.90 Å². The van der Waals surface area contributed by atoms with Crippen molar-refractivity contribution in [1.29, 1.82) is 0 Å². The second-order valence-corrected chi connectivity index (χ2v) is 8.96. The predicted octanol–water partition coefficient (Wildman–Crippen LogP) is 2.10. The van der Waals surface area contributed by atoms with Crippen molar-refractivity contribution in [3.05, 3.63) is 64.7 Å². The molecule has 3 heterocycles. The van der Waals surface area contributed by atoms with Crippen LogP contribution in [0.1, 0.15) is 51.1 Å². The summed E-state index contributed by atoms with van der Waals surface area (Å²) < 4.78 is 5.39. The lowest BCUT2D eigenvalue weighted by atomic mass is 9.99. The highest BCUT2D eigenvalue weighted by atomic mass is 16.5. The number of nitrogens with zero attached hydrogens (tertiary/aromatic N) is 2. The van der Waals surface area contributed by atoms with Crippen molar-refractivity contribution in [3.8, 4) is 0 Å². The summed E-state index contributed by atoms with van der Waals surface area (Å²) in [6, 6.07) is 12.7. The van der Waals surface area contributed by atoms with Crippen LogP contribution in [0.5, 0.6) is 0 Å². The first-order valence-electron chi connectivity index (χ1n) is 11.7. The van der Waals surface area contributed by atoms with E-state index in [1.54, 1.807) is 6.07 Å². The van der Waals surface area contributed by atoms with Crippen molar-refractivity contribution in [2.45, 2.75) is 38.3 Å². The number of ether oxygens (including phenoxy) is 1. The molecule has 5 rings (SSSR count). The molecule has 2 aromatic rings. The van der Waals surface area contributed by atoms with Crippen LogP contribution in [0.15, 0.2) is 42.5 Å². The number of carbonyl (C=O) groups is 4. The largest absolute Gasteiger partial charge is 0.378 e. The van der Waals surface area contributed by atoms with Crippen LogP contribution in [0.25, 0.3) is 0 Å². The molecule has 0 bridgehead atoms. The molecule has 0 aliphatic carbocycles. The number of benzene rings is 2. The molecule has 3 aliphatic heterocycles. The topological polar surface area (TPSA) is 96.0 Å². The van der Waals surface area contributed by atoms with E-state index in [2.05, 4.69) is 10.2 Å². The molecule has 34 heavy (non-hydrogen) atoms. The first-order chi connectivity index (χ1) is 16.5. The van der Waals surface area contributed by atoms with Gasteiger partial charge in [0, 0.05) is 49.3 Å². The molecule has 0 radical (unpaired) electrons. The Morgan fingerprint density at radius 2 is 1.79 bits per heavy atom. The van der Waals surface area contributed by atoms with Crippen molar-refractivity contribution < 1.29 is 23.9 Å². The Hall–Kier alpha value is -3.52. The number of hydrogen-bond acceptors (Lipinski definition) is 6. The number of ketones is 1. The summed E-state index contributed by atoms with van der Waals surface area (Å²) in [6.07, 6.45) is 1.53. The zero-order valence-corrected chi connectivity index (χ0v) is 18.9. The zero-order valence-electron chi connectivity index (χ0n) is 18.9. The van der Waals surface area contributed by atoms with Gasteiger partial charge in [0.05, 0.1) is 13.2 Å². The van der Waals surface area contributed by atoms with Crippen LogP contribution in [-0.4, -0.2) is 60.7 Å². The highest BCUT2D eigenvalue weighted by Crippen LogP contribution is 2.28. The van der Waals surface area contributed by atoms with Crippen LogP contribution in [0.4, 0.5) is 5.69 Å². The SMILES string of the molecule is O=C1CCC(N2Cc3cc(CCC(=O)c4ccc(N5CCOCC5)cc4)ccc3C2=O)C(=O)N1. The Morgan fingerprint density at radius 1 is 1.03 bits per heavy atom. The third-order valence-corrected chi connectivity index (χ3v) is 6.79. The number of hydrogen-bond donors (Lipinski definition) is 1. The second kappa shape index (κ2) is 9.38. The molecule has 8 nitrogen and oxygen atoms in total. The van der Waals surface area contributed by atoms with E-state index >= 15 is 0 Å². The van der Waals surface area contributed by atoms with E-state index in [4.69, 9.17) is 4.74 Å². The van der Waals surface area contributed by atoms with Crippen molar-refractivity contribution in [1.82, 2.24) is 10.2 Å². The molecule has 0 aromatic heterocycles. The van der Waals surface area contributed by atoms with E-state index < -0.39 is 11.9 Å². The van der Waals surface area contributed by atoms with Crippen LogP contribution in [0.2, 0.25) is 0 Å². The molecular formula is C26H27N3O5. The quantitative estimate of drug-likeness (QED) is 0.523. The maximum atomic E-state index is 12.8. The third-order valence-electron chi connectivity index (χ3n) is 6.79. The minimum Gasteiger partial charge on any atom is -0.378 e. The molecule has 3 aliphatic rings. The number of nitrogens with one attached hydrogen (secondary N) is 1. The summed E-state index contributed by atoms with van der Waals surface area (Å²) in [5.74, 6) is -0.821. The van der Waals surface area contributed by atoms with Crippen molar-refractivity contribution in [3.63, 3.8) is 0 Å². The number of amides is 3. The Labute approximate surface area is 197 Å². The zero-order chi connectivity index (χ0) is 23.7. The molecule has 0 spiro atoms. The minimum atomic E-state index is -0.622. The van der Waals surface area contributed by atoms with Gasteiger partial charge in [-0.1, -0.05) is 12.1 Å². The van der Waals surface area contributed by atoms with Gasteiger partial charge in [-0.05, 0) is 54.3 Å². The minimum absolute atomic E-state index is 0.0790. The average molecular weight is 462 g/mol. The predicted molar refractivity (Wildman–Crippen MR) is 125 cm³/mol. The fraction of sp³-hybridized carbons (Fsp3) is 0.385. The lowest BCUT2D eigenvalue weighted by molar-refractivity contribution is -0.136. The standard InChI is InChI=1S/C26H27N3O5/c30-23(18-3-5-20(6-4-18)28-11-13-34-14-12-28)9-2-17-1-7-21-19(15-17)16-29(26(21)33)22-8-10-24(31)27-25(22)32/h1,3-7,15,22H,2,8-14,16H2,(H,27,31,32). The first kappa shape index (κ1) is 22.3. The highest BCUT2D eigenvalue weighted by Gasteiger charge is 2.39. The van der Waals surface area contributed by atoms with Gasteiger partial charge in [-0.3, -0.25) is 24.5 Å². The number of Topliss-reactive ketones (excluding diaryl/α,β-unsaturated/α-hetero) is 1. The fourth-order valence-electron chi connectivity index (χ4n) is 4.87. The number of anilines is 1. The number of imide groups is 1. The van der Waals surface area contributed by atoms with Gasteiger partial charge in [0.15, 0.2) is 5.78 Å². The smallest absolute Gasteiger partial charge is 0.255 e. The summed E-state index contributed by atoms with van der Waals surface area (Å²) in [7, 11) is 0. The Kier molecular flexibility index (Phi) is 6.15. The molecule has 3 amide bonds. The van der Waals surface area contributed by atoms with Crippen LogP contribution in [0.3, 0.4) is 0 Å². The number of rotatable bonds is 6. The number of piperidine rings is 1. The normalized spacial score (nSPS) is 20.4. The molecular weight excluding hydrogens is 434 g/mol. The molecule has 0 saturated carbocycles. The molecule has 176 valence electrons. The summed E-state index contributed by atoms with van der Waals surface area (Å²) >= 11 is 0. The molecule has 2 saturated heterocycles. The molecule has 2 fully saturated rings. The van der Waals surface area contributed by atoms with Gasteiger partial charge in [-0.15, -0.1) is 0 Å². The lowest BCUT2D eigenvalue weighted by Gasteiger charge is -2.29. The summed E-state index contributed by atoms with van der Waals surface area (Å²) in [4.78, 5) is 53.0. The van der Waals surface area contributed by atoms with Gasteiger partial charge in [-0.25, -0.2) is 0 Å². The first-order valence-corrected chi connectivity index (χ1v) is 11.7. The van der Waals surface area contributed by atoms with Crippen LogP contribution < -0.4 is 10.2 Å². The van der Waals surface area contributed by atoms with Crippen LogP contribution in [0, 0.1) is 0 Å². The van der Waals surface area contributed by atoms with Gasteiger partial charge < -0.3 is 14.5 Å². The lowest BCUT2D eigenvalue weighted by Crippen LogP contribution is -2.52. The van der Waals surface area contributed by atoms with E-state index in [1.807, 2.05) is 36.4 Å². The fourth-order valence-corrected chi connectivity index (χ4v) is 4.87. The van der Waals surface area contributed by atoms with Gasteiger partial charge in [0.2, 0.25) is 11.8 Å². The van der Waals surface area contributed by atoms with E-state index in [0.29, 0.717) is 36.9 Å². The number of morpholine rings is 1. The Morgan fingerprint density at radius 3 is 2.53 bits per heavy atom. The van der Waals surface area contributed by atoms with Crippen LogP contribution >= 0.6 is 0 Å². The maximum Gasteiger partial charge on any atom is 0.255 e. The van der Waals surface area contributed by atoms with Crippen molar-refractivity contribution in [2.24, 2.45) is 0 Å². The van der Waals surface area contributed by atoms with Crippen molar-refractivity contribution >= 4 is 29.2 Å².